The summed E-state index contributed by atoms with van der Waals surface area (Å²) in [6.45, 7) is 3.77. The number of carbonyl (C=O) groups is 8. The van der Waals surface area contributed by atoms with Gasteiger partial charge in [-0.05, 0) is 56.1 Å². The van der Waals surface area contributed by atoms with Gasteiger partial charge in [0.25, 0.3) is 0 Å². The van der Waals surface area contributed by atoms with Crippen molar-refractivity contribution < 1.29 is 53.7 Å². The molecular formula is C38H63N11O11S. The Bertz CT molecular complexity index is 1650. The largest absolute Gasteiger partial charge is 0.480 e. The van der Waals surface area contributed by atoms with Gasteiger partial charge in [-0.1, -0.05) is 50.6 Å². The van der Waals surface area contributed by atoms with Crippen LogP contribution in [0.3, 0.4) is 0 Å². The lowest BCUT2D eigenvalue weighted by atomic mass is 9.96. The number of carbonyl (C=O) groups excluding carboxylic acids is 7. The highest BCUT2D eigenvalue weighted by Crippen LogP contribution is 2.12. The molecular weight excluding hydrogens is 819 g/mol. The van der Waals surface area contributed by atoms with Crippen molar-refractivity contribution in [2.75, 3.05) is 25.2 Å². The lowest BCUT2D eigenvalue weighted by Gasteiger charge is -2.29. The van der Waals surface area contributed by atoms with Gasteiger partial charge in [0.2, 0.25) is 41.4 Å². The van der Waals surface area contributed by atoms with E-state index in [2.05, 4.69) is 36.9 Å². The summed E-state index contributed by atoms with van der Waals surface area (Å²) in [6.07, 6.45) is 0.120. The highest BCUT2D eigenvalue weighted by atomic mass is 32.2. The molecule has 0 radical (unpaired) electrons. The third-order valence-electron chi connectivity index (χ3n) is 9.43. The van der Waals surface area contributed by atoms with Crippen molar-refractivity contribution in [3.05, 3.63) is 35.9 Å². The first-order chi connectivity index (χ1) is 28.7. The number of primary amides is 1. The topological polar surface area (TPSA) is 386 Å². The van der Waals surface area contributed by atoms with E-state index in [9.17, 15) is 53.7 Å². The number of benzene rings is 1. The molecule has 22 nitrogen and oxygen atoms in total. The number of aliphatic hydroxyl groups excluding tert-OH is 2. The van der Waals surface area contributed by atoms with Crippen LogP contribution >= 0.6 is 11.8 Å². The first kappa shape index (κ1) is 53.5. The van der Waals surface area contributed by atoms with E-state index >= 15 is 0 Å². The maximum atomic E-state index is 14.0. The Kier molecular flexibility index (Phi) is 24.6. The van der Waals surface area contributed by atoms with E-state index in [0.29, 0.717) is 17.7 Å². The molecule has 23 heteroatoms. The second kappa shape index (κ2) is 28.1. The first-order valence-corrected chi connectivity index (χ1v) is 21.1. The molecule has 0 unspecified atom stereocenters. The zero-order valence-electron chi connectivity index (χ0n) is 34.9. The van der Waals surface area contributed by atoms with Gasteiger partial charge in [0, 0.05) is 19.4 Å². The Labute approximate surface area is 358 Å². The maximum absolute atomic E-state index is 14.0. The Balaban J connectivity index is 3.39. The van der Waals surface area contributed by atoms with Gasteiger partial charge in [-0.3, -0.25) is 38.6 Å². The van der Waals surface area contributed by atoms with Crippen molar-refractivity contribution >= 4 is 65.0 Å². The van der Waals surface area contributed by atoms with Crippen molar-refractivity contribution in [3.8, 4) is 0 Å². The zero-order valence-corrected chi connectivity index (χ0v) is 35.7. The van der Waals surface area contributed by atoms with Gasteiger partial charge in [-0.25, -0.2) is 4.79 Å². The van der Waals surface area contributed by atoms with E-state index in [-0.39, 0.29) is 44.6 Å². The van der Waals surface area contributed by atoms with Crippen LogP contribution in [0.2, 0.25) is 0 Å². The fourth-order valence-corrected chi connectivity index (χ4v) is 6.12. The smallest absolute Gasteiger partial charge is 0.326 e. The molecule has 0 aliphatic carbocycles. The number of nitrogens with two attached hydrogens (primary N) is 4. The van der Waals surface area contributed by atoms with Crippen LogP contribution in [0.4, 0.5) is 0 Å². The van der Waals surface area contributed by atoms with Crippen LogP contribution in [0.25, 0.3) is 0 Å². The molecule has 0 aromatic heterocycles. The minimum Gasteiger partial charge on any atom is -0.480 e. The molecule has 1 aromatic carbocycles. The summed E-state index contributed by atoms with van der Waals surface area (Å²) in [5.74, 6) is -7.90. The fourth-order valence-electron chi connectivity index (χ4n) is 5.63. The first-order valence-electron chi connectivity index (χ1n) is 19.7. The normalized spacial score (nSPS) is 15.4. The third-order valence-corrected chi connectivity index (χ3v) is 10.1. The predicted molar refractivity (Wildman–Crippen MR) is 227 cm³/mol. The maximum Gasteiger partial charge on any atom is 0.326 e. The number of rotatable bonds is 29. The van der Waals surface area contributed by atoms with Gasteiger partial charge < -0.3 is 70.2 Å². The number of aliphatic carboxylic acids is 1. The van der Waals surface area contributed by atoms with E-state index in [1.807, 2.05) is 6.26 Å². The zero-order chi connectivity index (χ0) is 46.2. The summed E-state index contributed by atoms with van der Waals surface area (Å²) < 4.78 is 0. The summed E-state index contributed by atoms with van der Waals surface area (Å²) in [6, 6.07) is -1.59. The summed E-state index contributed by atoms with van der Waals surface area (Å²) in [5, 5.41) is 44.8. The predicted octanol–water partition coefficient (Wildman–Crippen LogP) is -3.96. The SMILES string of the molecule is CC[C@H](C)[C@H](NC(=O)[C@H](CCC(N)=O)NC(=O)[C@H](Cc1ccccc1)NC(=O)[C@@H](NC(=O)[C@H](CO)NC(=O)[C@@H](N)CCSC)[C@@H](C)O)C(=O)N[C@@H](CCCN=C(N)N)C(=O)O. The number of carboxylic acid groups (broad SMARTS) is 1. The van der Waals surface area contributed by atoms with Crippen molar-refractivity contribution in [3.63, 3.8) is 0 Å². The standard InChI is InChI=1S/C38H63N11O11S/c1-5-20(2)29(35(57)45-25(37(59)60)12-9-16-43-38(41)42)48-32(54)24(13-14-28(40)52)44-33(55)26(18-22-10-7-6-8-11-22)46-36(58)30(21(3)51)49-34(56)27(19-50)47-31(53)23(39)15-17-61-4/h6-8,10-11,20-21,23-27,29-30,50-51H,5,9,12-19,39H2,1-4H3,(H2,40,52)(H,44,55)(H,45,57)(H,46,58)(H,47,53)(H,48,54)(H,49,56)(H,59,60)(H4,41,42,43)/t20-,21+,23-,24-,25-,26-,27-,29-,30-/m0/s1. The minimum atomic E-state index is -1.72. The number of aliphatic hydroxyl groups is 2. The Morgan fingerprint density at radius 3 is 1.80 bits per heavy atom. The molecule has 61 heavy (non-hydrogen) atoms. The molecule has 342 valence electrons. The molecule has 7 amide bonds. The molecule has 9 atom stereocenters. The van der Waals surface area contributed by atoms with E-state index < -0.39 is 115 Å². The van der Waals surface area contributed by atoms with Crippen LogP contribution in [0, 0.1) is 5.92 Å². The van der Waals surface area contributed by atoms with Crippen molar-refractivity contribution in [1.29, 1.82) is 0 Å². The van der Waals surface area contributed by atoms with Gasteiger partial charge in [0.1, 0.15) is 36.3 Å². The Morgan fingerprint density at radius 2 is 1.26 bits per heavy atom. The summed E-state index contributed by atoms with van der Waals surface area (Å²) in [4.78, 5) is 108. The van der Waals surface area contributed by atoms with Crippen LogP contribution in [0.5, 0.6) is 0 Å². The molecule has 0 aliphatic heterocycles. The van der Waals surface area contributed by atoms with Crippen LogP contribution in [0.1, 0.15) is 64.9 Å². The van der Waals surface area contributed by atoms with E-state index in [0.717, 1.165) is 0 Å². The van der Waals surface area contributed by atoms with E-state index in [1.54, 1.807) is 44.2 Å². The number of thioether (sulfide) groups is 1. The monoisotopic (exact) mass is 881 g/mol. The lowest BCUT2D eigenvalue weighted by molar-refractivity contribution is -0.143. The molecule has 0 saturated carbocycles. The average molecular weight is 882 g/mol. The van der Waals surface area contributed by atoms with Gasteiger partial charge in [-0.2, -0.15) is 11.8 Å². The molecule has 1 aromatic rings. The van der Waals surface area contributed by atoms with Crippen LogP contribution in [-0.2, 0) is 44.8 Å². The molecule has 0 fully saturated rings. The highest BCUT2D eigenvalue weighted by Gasteiger charge is 2.36. The molecule has 17 N–H and O–H groups in total. The van der Waals surface area contributed by atoms with E-state index in [1.165, 1.54) is 18.7 Å². The Hall–Kier alpha value is -5.52. The number of nitrogens with one attached hydrogen (secondary N) is 6. The molecule has 0 spiro atoms. The number of aliphatic imine (C=N–C) groups is 1. The number of nitrogens with zero attached hydrogens (tertiary/aromatic N) is 1. The molecule has 0 heterocycles. The van der Waals surface area contributed by atoms with Crippen molar-refractivity contribution in [2.45, 2.75) is 114 Å². The fraction of sp³-hybridized carbons (Fsp3) is 0.605. The van der Waals surface area contributed by atoms with Crippen LogP contribution < -0.4 is 54.8 Å². The van der Waals surface area contributed by atoms with Gasteiger partial charge in [0.05, 0.1) is 18.8 Å². The summed E-state index contributed by atoms with van der Waals surface area (Å²) >= 11 is 1.45. The van der Waals surface area contributed by atoms with Crippen LogP contribution in [0.15, 0.2) is 35.3 Å². The van der Waals surface area contributed by atoms with Crippen molar-refractivity contribution in [2.24, 2.45) is 33.8 Å². The van der Waals surface area contributed by atoms with Crippen molar-refractivity contribution in [1.82, 2.24) is 31.9 Å². The number of guanidine groups is 1. The second-order valence-corrected chi connectivity index (χ2v) is 15.4. The molecule has 0 saturated heterocycles. The average Bonchev–Trinajstić information content (AvgIpc) is 3.21. The van der Waals surface area contributed by atoms with Gasteiger partial charge in [-0.15, -0.1) is 0 Å². The number of hydrogen-bond donors (Lipinski definition) is 13. The number of hydrogen-bond acceptors (Lipinski definition) is 13. The number of amides is 7. The summed E-state index contributed by atoms with van der Waals surface area (Å²) in [5.41, 5.74) is 22.4. The summed E-state index contributed by atoms with van der Waals surface area (Å²) in [7, 11) is 0. The Morgan fingerprint density at radius 1 is 0.721 bits per heavy atom. The minimum absolute atomic E-state index is 0.0454. The highest BCUT2D eigenvalue weighted by molar-refractivity contribution is 7.98. The lowest BCUT2D eigenvalue weighted by Crippen LogP contribution is -2.62. The third kappa shape index (κ3) is 20.1. The second-order valence-electron chi connectivity index (χ2n) is 14.4. The van der Waals surface area contributed by atoms with Gasteiger partial charge >= 0.3 is 5.97 Å². The van der Waals surface area contributed by atoms with E-state index in [4.69, 9.17) is 22.9 Å². The molecule has 0 bridgehead atoms. The van der Waals surface area contributed by atoms with Gasteiger partial charge in [0.15, 0.2) is 5.96 Å². The molecule has 0 aliphatic rings. The van der Waals surface area contributed by atoms with Crippen LogP contribution in [-0.4, -0.2) is 142 Å². The number of carboxylic acids is 1. The quantitative estimate of drug-likeness (QED) is 0.0207. The molecule has 1 rings (SSSR count).